The van der Waals surface area contributed by atoms with Gasteiger partial charge in [-0.2, -0.15) is 0 Å². The minimum Gasteiger partial charge on any atom is -0.468 e. The maximum Gasteiger partial charge on any atom is 0.325 e. The van der Waals surface area contributed by atoms with E-state index in [1.54, 1.807) is 11.8 Å². The van der Waals surface area contributed by atoms with Crippen LogP contribution in [0.1, 0.15) is 6.92 Å². The predicted octanol–water partition coefficient (Wildman–Crippen LogP) is -0.577. The highest BCUT2D eigenvalue weighted by molar-refractivity contribution is 5.78. The Labute approximate surface area is 94.4 Å². The van der Waals surface area contributed by atoms with Crippen molar-refractivity contribution in [3.8, 4) is 0 Å². The molecular formula is C10H17NO5. The molecule has 0 radical (unpaired) electrons. The molecule has 0 bridgehead atoms. The van der Waals surface area contributed by atoms with Gasteiger partial charge in [0.25, 0.3) is 0 Å². The van der Waals surface area contributed by atoms with Crippen LogP contribution in [0, 0.1) is 0 Å². The standard InChI is InChI=1S/C10H17NO5/c1-3-16-9(12)6-11-4-5-15-7-8(11)10(13)14-2/h8H,3-7H2,1-2H3. The zero-order valence-corrected chi connectivity index (χ0v) is 9.60. The summed E-state index contributed by atoms with van der Waals surface area (Å²) >= 11 is 0. The molecule has 1 aliphatic rings. The largest absolute Gasteiger partial charge is 0.468 e. The van der Waals surface area contributed by atoms with Crippen LogP contribution in [0.3, 0.4) is 0 Å². The summed E-state index contributed by atoms with van der Waals surface area (Å²) < 4.78 is 14.7. The van der Waals surface area contributed by atoms with Crippen molar-refractivity contribution in [3.05, 3.63) is 0 Å². The Hall–Kier alpha value is -1.14. The first-order valence-electron chi connectivity index (χ1n) is 5.24. The third-order valence-electron chi connectivity index (χ3n) is 2.35. The van der Waals surface area contributed by atoms with Gasteiger partial charge >= 0.3 is 11.9 Å². The van der Waals surface area contributed by atoms with E-state index in [1.165, 1.54) is 7.11 Å². The Balaban J connectivity index is 2.53. The molecule has 1 rings (SSSR count). The molecule has 6 nitrogen and oxygen atoms in total. The van der Waals surface area contributed by atoms with Crippen molar-refractivity contribution in [2.75, 3.05) is 40.0 Å². The number of ether oxygens (including phenoxy) is 3. The van der Waals surface area contributed by atoms with Gasteiger partial charge in [-0.3, -0.25) is 14.5 Å². The fourth-order valence-corrected chi connectivity index (χ4v) is 1.55. The predicted molar refractivity (Wildman–Crippen MR) is 54.8 cm³/mol. The highest BCUT2D eigenvalue weighted by Gasteiger charge is 2.31. The molecule has 0 N–H and O–H groups in total. The highest BCUT2D eigenvalue weighted by atomic mass is 16.5. The summed E-state index contributed by atoms with van der Waals surface area (Å²) in [6.45, 7) is 3.47. The molecule has 0 aromatic heterocycles. The average Bonchev–Trinajstić information content (AvgIpc) is 2.29. The highest BCUT2D eigenvalue weighted by Crippen LogP contribution is 2.08. The van der Waals surface area contributed by atoms with Gasteiger partial charge in [0, 0.05) is 6.54 Å². The van der Waals surface area contributed by atoms with Crippen LogP contribution in [0.25, 0.3) is 0 Å². The van der Waals surface area contributed by atoms with E-state index >= 15 is 0 Å². The normalized spacial score (nSPS) is 21.5. The van der Waals surface area contributed by atoms with Crippen molar-refractivity contribution in [1.29, 1.82) is 0 Å². The molecule has 0 aromatic carbocycles. The van der Waals surface area contributed by atoms with Crippen molar-refractivity contribution in [1.82, 2.24) is 4.90 Å². The lowest BCUT2D eigenvalue weighted by Gasteiger charge is -2.32. The lowest BCUT2D eigenvalue weighted by Crippen LogP contribution is -2.52. The molecule has 1 heterocycles. The van der Waals surface area contributed by atoms with E-state index in [-0.39, 0.29) is 25.1 Å². The number of morpholine rings is 1. The number of hydrogen-bond donors (Lipinski definition) is 0. The van der Waals surface area contributed by atoms with Gasteiger partial charge in [0.1, 0.15) is 6.04 Å². The Bertz CT molecular complexity index is 256. The molecule has 0 amide bonds. The van der Waals surface area contributed by atoms with Crippen molar-refractivity contribution in [2.24, 2.45) is 0 Å². The topological polar surface area (TPSA) is 65.1 Å². The number of methoxy groups -OCH3 is 1. The number of esters is 2. The summed E-state index contributed by atoms with van der Waals surface area (Å²) in [6, 6.07) is -0.511. The second kappa shape index (κ2) is 6.44. The average molecular weight is 231 g/mol. The van der Waals surface area contributed by atoms with Crippen LogP contribution in [0.5, 0.6) is 0 Å². The minimum atomic E-state index is -0.511. The van der Waals surface area contributed by atoms with Gasteiger partial charge < -0.3 is 14.2 Å². The summed E-state index contributed by atoms with van der Waals surface area (Å²) in [7, 11) is 1.32. The fourth-order valence-electron chi connectivity index (χ4n) is 1.55. The van der Waals surface area contributed by atoms with E-state index in [4.69, 9.17) is 9.47 Å². The van der Waals surface area contributed by atoms with Gasteiger partial charge in [0.05, 0.1) is 33.5 Å². The molecule has 1 aliphatic heterocycles. The van der Waals surface area contributed by atoms with Crippen molar-refractivity contribution >= 4 is 11.9 Å². The fraction of sp³-hybridized carbons (Fsp3) is 0.800. The Morgan fingerprint density at radius 2 is 2.25 bits per heavy atom. The van der Waals surface area contributed by atoms with Gasteiger partial charge in [0.15, 0.2) is 0 Å². The molecule has 1 saturated heterocycles. The number of carbonyl (C=O) groups excluding carboxylic acids is 2. The molecule has 0 aliphatic carbocycles. The summed E-state index contributed by atoms with van der Waals surface area (Å²) in [6.07, 6.45) is 0. The molecule has 16 heavy (non-hydrogen) atoms. The van der Waals surface area contributed by atoms with Gasteiger partial charge in [-0.15, -0.1) is 0 Å². The first-order valence-corrected chi connectivity index (χ1v) is 5.24. The van der Waals surface area contributed by atoms with Crippen molar-refractivity contribution in [3.63, 3.8) is 0 Å². The van der Waals surface area contributed by atoms with Crippen LogP contribution in [-0.4, -0.2) is 62.9 Å². The molecule has 0 aromatic rings. The van der Waals surface area contributed by atoms with Gasteiger partial charge in [0.2, 0.25) is 0 Å². The SMILES string of the molecule is CCOC(=O)CN1CCOCC1C(=O)OC. The molecule has 92 valence electrons. The summed E-state index contributed by atoms with van der Waals surface area (Å²) in [5, 5.41) is 0. The summed E-state index contributed by atoms with van der Waals surface area (Å²) in [5.41, 5.74) is 0. The Morgan fingerprint density at radius 1 is 1.50 bits per heavy atom. The third kappa shape index (κ3) is 3.46. The zero-order chi connectivity index (χ0) is 12.0. The van der Waals surface area contributed by atoms with E-state index in [9.17, 15) is 9.59 Å². The number of rotatable bonds is 4. The van der Waals surface area contributed by atoms with E-state index in [0.717, 1.165) is 0 Å². The number of carbonyl (C=O) groups is 2. The van der Waals surface area contributed by atoms with Gasteiger partial charge in [-0.1, -0.05) is 0 Å². The van der Waals surface area contributed by atoms with Crippen LogP contribution in [0.4, 0.5) is 0 Å². The van der Waals surface area contributed by atoms with E-state index in [1.807, 2.05) is 0 Å². The van der Waals surface area contributed by atoms with E-state index in [0.29, 0.717) is 19.8 Å². The number of nitrogens with zero attached hydrogens (tertiary/aromatic N) is 1. The van der Waals surface area contributed by atoms with Crippen LogP contribution in [0.15, 0.2) is 0 Å². The van der Waals surface area contributed by atoms with Crippen LogP contribution < -0.4 is 0 Å². The molecule has 0 saturated carbocycles. The Kier molecular flexibility index (Phi) is 5.21. The van der Waals surface area contributed by atoms with Gasteiger partial charge in [-0.05, 0) is 6.92 Å². The van der Waals surface area contributed by atoms with E-state index in [2.05, 4.69) is 4.74 Å². The Morgan fingerprint density at radius 3 is 2.88 bits per heavy atom. The lowest BCUT2D eigenvalue weighted by atomic mass is 10.2. The second-order valence-corrected chi connectivity index (χ2v) is 3.39. The summed E-state index contributed by atoms with van der Waals surface area (Å²) in [5.74, 6) is -0.720. The first kappa shape index (κ1) is 12.9. The second-order valence-electron chi connectivity index (χ2n) is 3.39. The van der Waals surface area contributed by atoms with Crippen molar-refractivity contribution < 1.29 is 23.8 Å². The monoisotopic (exact) mass is 231 g/mol. The van der Waals surface area contributed by atoms with Crippen molar-refractivity contribution in [2.45, 2.75) is 13.0 Å². The molecule has 0 spiro atoms. The van der Waals surface area contributed by atoms with Crippen LogP contribution >= 0.6 is 0 Å². The van der Waals surface area contributed by atoms with Crippen LogP contribution in [-0.2, 0) is 23.8 Å². The van der Waals surface area contributed by atoms with Gasteiger partial charge in [-0.25, -0.2) is 0 Å². The first-order chi connectivity index (χ1) is 7.69. The minimum absolute atomic E-state index is 0.0942. The summed E-state index contributed by atoms with van der Waals surface area (Å²) in [4.78, 5) is 24.4. The quantitative estimate of drug-likeness (QED) is 0.603. The smallest absolute Gasteiger partial charge is 0.325 e. The molecule has 1 atom stereocenters. The lowest BCUT2D eigenvalue weighted by molar-refractivity contribution is -0.157. The zero-order valence-electron chi connectivity index (χ0n) is 9.60. The maximum atomic E-state index is 11.4. The van der Waals surface area contributed by atoms with Crippen LogP contribution in [0.2, 0.25) is 0 Å². The number of hydrogen-bond acceptors (Lipinski definition) is 6. The molecule has 6 heteroatoms. The molecule has 1 fully saturated rings. The maximum absolute atomic E-state index is 11.4. The molecule has 1 unspecified atom stereocenters. The molecular weight excluding hydrogens is 214 g/mol. The third-order valence-corrected chi connectivity index (χ3v) is 2.35. The van der Waals surface area contributed by atoms with E-state index < -0.39 is 6.04 Å².